The van der Waals surface area contributed by atoms with Gasteiger partial charge in [-0.1, -0.05) is 24.2 Å². The molecule has 0 radical (unpaired) electrons. The van der Waals surface area contributed by atoms with Gasteiger partial charge in [0, 0.05) is 11.2 Å². The summed E-state index contributed by atoms with van der Waals surface area (Å²) in [5.74, 6) is -1.03. The van der Waals surface area contributed by atoms with Crippen LogP contribution in [0.2, 0.25) is 0 Å². The average molecular weight is 320 g/mol. The Balaban J connectivity index is 2.32. The number of aryl methyl sites for hydroxylation is 1. The van der Waals surface area contributed by atoms with Crippen LogP contribution in [0.15, 0.2) is 9.00 Å². The monoisotopic (exact) mass is 320 g/mol. The third-order valence-electron chi connectivity index (χ3n) is 3.43. The van der Waals surface area contributed by atoms with Crippen LogP contribution in [0.1, 0.15) is 37.8 Å². The van der Waals surface area contributed by atoms with Gasteiger partial charge in [-0.2, -0.15) is 0 Å². The molecule has 1 aromatic rings. The lowest BCUT2D eigenvalue weighted by Gasteiger charge is -2.27. The SMILES string of the molecule is Cc1[nH]c(=O)sc1S(=O)(=O)NC1(CC(=O)O)CCCC1. The topological polar surface area (TPSA) is 116 Å². The summed E-state index contributed by atoms with van der Waals surface area (Å²) in [6.07, 6.45) is 2.33. The zero-order valence-corrected chi connectivity index (χ0v) is 12.6. The number of rotatable bonds is 5. The van der Waals surface area contributed by atoms with E-state index in [0.717, 1.165) is 12.8 Å². The predicted octanol–water partition coefficient (Wildman–Crippen LogP) is 0.811. The number of thiazole rings is 1. The van der Waals surface area contributed by atoms with Gasteiger partial charge in [0.15, 0.2) is 4.21 Å². The highest BCUT2D eigenvalue weighted by Gasteiger charge is 2.40. The smallest absolute Gasteiger partial charge is 0.305 e. The molecule has 1 aliphatic carbocycles. The van der Waals surface area contributed by atoms with E-state index in [-0.39, 0.29) is 16.3 Å². The van der Waals surface area contributed by atoms with Crippen LogP contribution in [0.5, 0.6) is 0 Å². The number of H-pyrrole nitrogens is 1. The van der Waals surface area contributed by atoms with Crippen molar-refractivity contribution in [1.29, 1.82) is 0 Å². The first kappa shape index (κ1) is 15.2. The lowest BCUT2D eigenvalue weighted by atomic mass is 9.95. The van der Waals surface area contributed by atoms with E-state index in [1.165, 1.54) is 6.92 Å². The lowest BCUT2D eigenvalue weighted by Crippen LogP contribution is -2.47. The molecule has 7 nitrogen and oxygen atoms in total. The van der Waals surface area contributed by atoms with Crippen molar-refractivity contribution in [3.05, 3.63) is 15.4 Å². The molecule has 1 fully saturated rings. The Morgan fingerprint density at radius 1 is 1.45 bits per heavy atom. The number of aromatic nitrogens is 1. The molecule has 0 amide bonds. The van der Waals surface area contributed by atoms with Crippen LogP contribution in [0.25, 0.3) is 0 Å². The van der Waals surface area contributed by atoms with Gasteiger partial charge in [-0.3, -0.25) is 9.59 Å². The second kappa shape index (κ2) is 5.30. The summed E-state index contributed by atoms with van der Waals surface area (Å²) in [6, 6.07) is 0. The quantitative estimate of drug-likeness (QED) is 0.742. The summed E-state index contributed by atoms with van der Waals surface area (Å²) < 4.78 is 27.2. The number of carboxylic acids is 1. The maximum atomic E-state index is 12.4. The zero-order valence-electron chi connectivity index (χ0n) is 10.9. The van der Waals surface area contributed by atoms with Crippen molar-refractivity contribution >= 4 is 27.3 Å². The number of aromatic amines is 1. The Kier molecular flexibility index (Phi) is 4.03. The molecule has 0 saturated heterocycles. The Hall–Kier alpha value is -1.19. The molecule has 9 heteroatoms. The van der Waals surface area contributed by atoms with Gasteiger partial charge in [0.2, 0.25) is 0 Å². The average Bonchev–Trinajstić information content (AvgIpc) is 2.84. The fourth-order valence-electron chi connectivity index (χ4n) is 2.63. The number of hydrogen-bond acceptors (Lipinski definition) is 5. The van der Waals surface area contributed by atoms with Crippen molar-refractivity contribution in [3.8, 4) is 0 Å². The molecule has 0 aromatic carbocycles. The molecular weight excluding hydrogens is 304 g/mol. The zero-order chi connectivity index (χ0) is 15.0. The second-order valence-electron chi connectivity index (χ2n) is 5.09. The summed E-state index contributed by atoms with van der Waals surface area (Å²) in [6.45, 7) is 1.50. The van der Waals surface area contributed by atoms with Crippen LogP contribution < -0.4 is 9.60 Å². The van der Waals surface area contributed by atoms with E-state index in [4.69, 9.17) is 5.11 Å². The maximum absolute atomic E-state index is 12.4. The highest BCUT2D eigenvalue weighted by molar-refractivity contribution is 7.91. The van der Waals surface area contributed by atoms with Gasteiger partial charge < -0.3 is 10.1 Å². The third kappa shape index (κ3) is 3.10. The first-order valence-corrected chi connectivity index (χ1v) is 8.50. The molecule has 0 atom stereocenters. The molecule has 1 saturated carbocycles. The molecule has 112 valence electrons. The Morgan fingerprint density at radius 2 is 2.05 bits per heavy atom. The summed E-state index contributed by atoms with van der Waals surface area (Å²) >= 11 is 0.613. The largest absolute Gasteiger partial charge is 0.481 e. The molecule has 2 rings (SSSR count). The molecule has 1 heterocycles. The Bertz CT molecular complexity index is 667. The van der Waals surface area contributed by atoms with E-state index in [2.05, 4.69) is 9.71 Å². The van der Waals surface area contributed by atoms with Crippen LogP contribution in [0, 0.1) is 6.92 Å². The summed E-state index contributed by atoms with van der Waals surface area (Å²) in [5, 5.41) is 8.98. The molecule has 0 unspecified atom stereocenters. The summed E-state index contributed by atoms with van der Waals surface area (Å²) in [5.41, 5.74) is -0.666. The van der Waals surface area contributed by atoms with Gasteiger partial charge in [0.1, 0.15) is 0 Å². The van der Waals surface area contributed by atoms with Crippen LogP contribution in [-0.2, 0) is 14.8 Å². The van der Waals surface area contributed by atoms with Crippen LogP contribution >= 0.6 is 11.3 Å². The minimum Gasteiger partial charge on any atom is -0.481 e. The van der Waals surface area contributed by atoms with Crippen molar-refractivity contribution in [2.75, 3.05) is 0 Å². The van der Waals surface area contributed by atoms with E-state index in [9.17, 15) is 18.0 Å². The summed E-state index contributed by atoms with van der Waals surface area (Å²) in [7, 11) is -3.88. The number of aliphatic carboxylic acids is 1. The first-order valence-electron chi connectivity index (χ1n) is 6.20. The Morgan fingerprint density at radius 3 is 2.50 bits per heavy atom. The molecule has 20 heavy (non-hydrogen) atoms. The normalized spacial score (nSPS) is 18.2. The van der Waals surface area contributed by atoms with Crippen LogP contribution in [0.4, 0.5) is 0 Å². The van der Waals surface area contributed by atoms with Gasteiger partial charge >= 0.3 is 10.8 Å². The van der Waals surface area contributed by atoms with E-state index in [0.29, 0.717) is 24.2 Å². The highest BCUT2D eigenvalue weighted by atomic mass is 32.2. The van der Waals surface area contributed by atoms with E-state index in [1.54, 1.807) is 0 Å². The minimum absolute atomic E-state index is 0.0702. The highest BCUT2D eigenvalue weighted by Crippen LogP contribution is 2.34. The van der Waals surface area contributed by atoms with Gasteiger partial charge in [0.05, 0.1) is 6.42 Å². The number of carbonyl (C=O) groups is 1. The van der Waals surface area contributed by atoms with E-state index >= 15 is 0 Å². The molecule has 3 N–H and O–H groups in total. The molecule has 1 aliphatic rings. The van der Waals surface area contributed by atoms with Gasteiger partial charge in [-0.15, -0.1) is 0 Å². The number of sulfonamides is 1. The van der Waals surface area contributed by atoms with Gasteiger partial charge in [0.25, 0.3) is 10.0 Å². The molecule has 0 bridgehead atoms. The van der Waals surface area contributed by atoms with Crippen molar-refractivity contribution in [3.63, 3.8) is 0 Å². The van der Waals surface area contributed by atoms with Gasteiger partial charge in [-0.25, -0.2) is 13.1 Å². The fraction of sp³-hybridized carbons (Fsp3) is 0.636. The Labute approximate surface area is 120 Å². The van der Waals surface area contributed by atoms with Crippen molar-refractivity contribution < 1.29 is 18.3 Å². The molecule has 0 spiro atoms. The number of hydrogen-bond donors (Lipinski definition) is 3. The first-order chi connectivity index (χ1) is 9.24. The fourth-order valence-corrected chi connectivity index (χ4v) is 5.40. The maximum Gasteiger partial charge on any atom is 0.305 e. The van der Waals surface area contributed by atoms with Crippen LogP contribution in [0.3, 0.4) is 0 Å². The number of carboxylic acid groups (broad SMARTS) is 1. The molecule has 0 aliphatic heterocycles. The standard InChI is InChI=1S/C11H16N2O5S2/c1-7-9(19-10(16)12-7)20(17,18)13-11(6-8(14)15)4-2-3-5-11/h13H,2-6H2,1H3,(H,12,16)(H,14,15). The molecule has 1 aromatic heterocycles. The van der Waals surface area contributed by atoms with Crippen molar-refractivity contribution in [2.45, 2.75) is 48.8 Å². The van der Waals surface area contributed by atoms with E-state index in [1.807, 2.05) is 0 Å². The van der Waals surface area contributed by atoms with E-state index < -0.39 is 26.4 Å². The third-order valence-corrected chi connectivity index (χ3v) is 6.61. The lowest BCUT2D eigenvalue weighted by molar-refractivity contribution is -0.138. The summed E-state index contributed by atoms with van der Waals surface area (Å²) in [4.78, 5) is 24.2. The minimum atomic E-state index is -3.88. The van der Waals surface area contributed by atoms with Crippen LogP contribution in [-0.4, -0.2) is 30.0 Å². The van der Waals surface area contributed by atoms with Crippen molar-refractivity contribution in [2.24, 2.45) is 0 Å². The van der Waals surface area contributed by atoms with Crippen molar-refractivity contribution in [1.82, 2.24) is 9.71 Å². The second-order valence-corrected chi connectivity index (χ2v) is 7.95. The number of nitrogens with one attached hydrogen (secondary N) is 2. The predicted molar refractivity (Wildman–Crippen MR) is 73.5 cm³/mol. The molecular formula is C11H16N2O5S2. The van der Waals surface area contributed by atoms with Gasteiger partial charge in [-0.05, 0) is 19.8 Å².